The van der Waals surface area contributed by atoms with Crippen LogP contribution < -0.4 is 16.0 Å². The fraction of sp³-hybridized carbons (Fsp3) is 0.640. The Morgan fingerprint density at radius 2 is 1.71 bits per heavy atom. The van der Waals surface area contributed by atoms with Crippen LogP contribution in [0.25, 0.3) is 10.9 Å². The second-order valence-electron chi connectivity index (χ2n) is 9.06. The van der Waals surface area contributed by atoms with Crippen molar-refractivity contribution in [1.82, 2.24) is 20.6 Å². The second kappa shape index (κ2) is 11.4. The average molecular weight is 426 g/mol. The van der Waals surface area contributed by atoms with Crippen molar-refractivity contribution in [2.75, 3.05) is 5.32 Å². The number of unbranched alkanes of at least 4 members (excludes halogenated alkanes) is 7. The number of aryl methyl sites for hydroxylation is 2. The molecule has 1 aromatic carbocycles. The van der Waals surface area contributed by atoms with Crippen LogP contribution in [-0.4, -0.2) is 28.2 Å². The van der Waals surface area contributed by atoms with E-state index in [2.05, 4.69) is 64.9 Å². The first-order chi connectivity index (χ1) is 15.0. The molecule has 1 aliphatic rings. The van der Waals surface area contributed by atoms with E-state index in [1.54, 1.807) is 0 Å². The number of hydrogen-bond donors (Lipinski definition) is 3. The van der Waals surface area contributed by atoms with Gasteiger partial charge in [-0.2, -0.15) is 0 Å². The number of nitrogens with zero attached hydrogens (tertiary/aromatic N) is 2. The average Bonchev–Trinajstić information content (AvgIpc) is 2.71. The Bertz CT molecular complexity index is 868. The highest BCUT2D eigenvalue weighted by molar-refractivity contribution is 5.83. The number of nitrogens with one attached hydrogen (secondary N) is 3. The van der Waals surface area contributed by atoms with Crippen molar-refractivity contribution in [3.8, 4) is 0 Å². The van der Waals surface area contributed by atoms with E-state index < -0.39 is 0 Å². The van der Waals surface area contributed by atoms with Crippen LogP contribution in [0, 0.1) is 19.8 Å². The van der Waals surface area contributed by atoms with Crippen LogP contribution in [0.5, 0.6) is 0 Å². The zero-order valence-corrected chi connectivity index (χ0v) is 19.6. The third-order valence-electron chi connectivity index (χ3n) is 6.34. The number of hydrogen-bond acceptors (Lipinski definition) is 5. The summed E-state index contributed by atoms with van der Waals surface area (Å²) in [6.07, 6.45) is 10.9. The third-order valence-corrected chi connectivity index (χ3v) is 6.34. The first kappa shape index (κ1) is 23.5. The van der Waals surface area contributed by atoms with Gasteiger partial charge in [-0.1, -0.05) is 70.4 Å². The molecular weight excluding hydrogens is 386 g/mol. The molecule has 170 valence electrons. The van der Waals surface area contributed by atoms with Crippen molar-refractivity contribution >= 4 is 22.8 Å². The summed E-state index contributed by atoms with van der Waals surface area (Å²) in [7, 11) is 0. The maximum absolute atomic E-state index is 12.7. The maximum Gasteiger partial charge on any atom is 0.227 e. The Morgan fingerprint density at radius 3 is 2.42 bits per heavy atom. The number of rotatable bonds is 11. The zero-order chi connectivity index (χ0) is 22.2. The van der Waals surface area contributed by atoms with Gasteiger partial charge < -0.3 is 10.6 Å². The Labute approximate surface area is 187 Å². The fourth-order valence-corrected chi connectivity index (χ4v) is 4.45. The van der Waals surface area contributed by atoms with Gasteiger partial charge in [0.15, 0.2) is 6.29 Å². The van der Waals surface area contributed by atoms with Crippen LogP contribution in [-0.2, 0) is 4.79 Å². The lowest BCUT2D eigenvalue weighted by Gasteiger charge is -2.36. The van der Waals surface area contributed by atoms with Gasteiger partial charge in [0.1, 0.15) is 0 Å². The molecule has 3 rings (SSSR count). The molecule has 3 atom stereocenters. The molecule has 1 saturated heterocycles. The minimum Gasteiger partial charge on any atom is -0.323 e. The molecule has 2 aromatic rings. The molecule has 0 bridgehead atoms. The van der Waals surface area contributed by atoms with E-state index in [1.165, 1.54) is 44.9 Å². The van der Waals surface area contributed by atoms with Crippen LogP contribution in [0.2, 0.25) is 0 Å². The topological polar surface area (TPSA) is 78.9 Å². The minimum absolute atomic E-state index is 0.0139. The summed E-state index contributed by atoms with van der Waals surface area (Å²) < 4.78 is 0. The normalized spacial score (nSPS) is 21.3. The van der Waals surface area contributed by atoms with E-state index in [-0.39, 0.29) is 24.2 Å². The third kappa shape index (κ3) is 6.63. The highest BCUT2D eigenvalue weighted by Crippen LogP contribution is 2.21. The highest BCUT2D eigenvalue weighted by Gasteiger charge is 2.33. The summed E-state index contributed by atoms with van der Waals surface area (Å²) in [6.45, 7) is 8.39. The quantitative estimate of drug-likeness (QED) is 0.431. The van der Waals surface area contributed by atoms with E-state index in [0.29, 0.717) is 5.95 Å². The first-order valence-corrected chi connectivity index (χ1v) is 12.1. The molecule has 0 aliphatic carbocycles. The predicted octanol–water partition coefficient (Wildman–Crippen LogP) is 5.20. The standard InChI is InChI=1S/C25H39N5O/c1-5-6-7-8-9-10-11-12-13-21-19(4)27-25(29-23(21)31)30-24-26-18(3)20-15-14-17(2)16-22(20)28-24/h14-16,19,21,25,27H,5-13H2,1-4H3,(H,29,31)(H,26,28,30). The molecule has 6 heteroatoms. The van der Waals surface area contributed by atoms with E-state index >= 15 is 0 Å². The number of carbonyl (C=O) groups is 1. The van der Waals surface area contributed by atoms with Crippen molar-refractivity contribution in [2.45, 2.75) is 97.8 Å². The van der Waals surface area contributed by atoms with Crippen LogP contribution in [0.1, 0.15) is 82.9 Å². The molecule has 2 heterocycles. The van der Waals surface area contributed by atoms with Gasteiger partial charge >= 0.3 is 0 Å². The molecule has 6 nitrogen and oxygen atoms in total. The number of amides is 1. The number of fused-ring (bicyclic) bond motifs is 1. The van der Waals surface area contributed by atoms with Gasteiger partial charge in [-0.25, -0.2) is 9.97 Å². The number of benzene rings is 1. The van der Waals surface area contributed by atoms with Gasteiger partial charge in [0, 0.05) is 11.4 Å². The van der Waals surface area contributed by atoms with Crippen LogP contribution in [0.3, 0.4) is 0 Å². The Morgan fingerprint density at radius 1 is 1.00 bits per heavy atom. The van der Waals surface area contributed by atoms with E-state index in [4.69, 9.17) is 0 Å². The molecule has 3 N–H and O–H groups in total. The van der Waals surface area contributed by atoms with Gasteiger partial charge in [0.2, 0.25) is 11.9 Å². The highest BCUT2D eigenvalue weighted by atomic mass is 16.2. The van der Waals surface area contributed by atoms with Crippen LogP contribution in [0.15, 0.2) is 18.2 Å². The monoisotopic (exact) mass is 425 g/mol. The largest absolute Gasteiger partial charge is 0.323 e. The minimum atomic E-state index is -0.362. The SMILES string of the molecule is CCCCCCCCCCC1C(=O)NC(Nc2nc(C)c3ccc(C)cc3n2)NC1C. The van der Waals surface area contributed by atoms with Gasteiger partial charge in [-0.15, -0.1) is 0 Å². The summed E-state index contributed by atoms with van der Waals surface area (Å²) in [5, 5.41) is 10.8. The lowest BCUT2D eigenvalue weighted by atomic mass is 9.91. The molecule has 0 spiro atoms. The van der Waals surface area contributed by atoms with E-state index in [1.807, 2.05) is 6.92 Å². The lowest BCUT2D eigenvalue weighted by molar-refractivity contribution is -0.129. The molecule has 1 fully saturated rings. The zero-order valence-electron chi connectivity index (χ0n) is 19.6. The van der Waals surface area contributed by atoms with E-state index in [9.17, 15) is 4.79 Å². The molecule has 1 amide bonds. The predicted molar refractivity (Wildman–Crippen MR) is 128 cm³/mol. The summed E-state index contributed by atoms with van der Waals surface area (Å²) in [4.78, 5) is 22.0. The van der Waals surface area contributed by atoms with E-state index in [0.717, 1.165) is 35.0 Å². The summed E-state index contributed by atoms with van der Waals surface area (Å²) in [5.41, 5.74) is 3.01. The molecule has 0 saturated carbocycles. The number of anilines is 1. The maximum atomic E-state index is 12.7. The molecule has 31 heavy (non-hydrogen) atoms. The summed E-state index contributed by atoms with van der Waals surface area (Å²) in [6, 6.07) is 6.30. The Balaban J connectivity index is 1.48. The van der Waals surface area contributed by atoms with Crippen molar-refractivity contribution in [2.24, 2.45) is 5.92 Å². The lowest BCUT2D eigenvalue weighted by Crippen LogP contribution is -2.63. The molecule has 3 unspecified atom stereocenters. The van der Waals surface area contributed by atoms with Gasteiger partial charge in [-0.05, 0) is 38.8 Å². The second-order valence-corrected chi connectivity index (χ2v) is 9.06. The first-order valence-electron chi connectivity index (χ1n) is 12.1. The van der Waals surface area contributed by atoms with Crippen molar-refractivity contribution < 1.29 is 4.79 Å². The summed E-state index contributed by atoms with van der Waals surface area (Å²) in [5.74, 6) is 0.655. The van der Waals surface area contributed by atoms with Gasteiger partial charge in [0.25, 0.3) is 0 Å². The smallest absolute Gasteiger partial charge is 0.227 e. The van der Waals surface area contributed by atoms with Gasteiger partial charge in [0.05, 0.1) is 17.1 Å². The fourth-order valence-electron chi connectivity index (χ4n) is 4.45. The van der Waals surface area contributed by atoms with Gasteiger partial charge in [-0.3, -0.25) is 10.1 Å². The van der Waals surface area contributed by atoms with Crippen molar-refractivity contribution in [3.63, 3.8) is 0 Å². The molecule has 1 aliphatic heterocycles. The van der Waals surface area contributed by atoms with Crippen LogP contribution in [0.4, 0.5) is 5.95 Å². The summed E-state index contributed by atoms with van der Waals surface area (Å²) >= 11 is 0. The number of aromatic nitrogens is 2. The Kier molecular flexibility index (Phi) is 8.64. The Hall–Kier alpha value is -2.21. The van der Waals surface area contributed by atoms with Crippen molar-refractivity contribution in [1.29, 1.82) is 0 Å². The molecule has 0 radical (unpaired) electrons. The number of carbonyl (C=O) groups excluding carboxylic acids is 1. The van der Waals surface area contributed by atoms with Crippen LogP contribution >= 0.6 is 0 Å². The molecular formula is C25H39N5O. The van der Waals surface area contributed by atoms with Crippen molar-refractivity contribution in [3.05, 3.63) is 29.5 Å². The molecule has 1 aromatic heterocycles.